The molecule has 0 aliphatic rings. The van der Waals surface area contributed by atoms with Gasteiger partial charge < -0.3 is 14.6 Å². The molecule has 1 rings (SSSR count). The van der Waals surface area contributed by atoms with E-state index in [2.05, 4.69) is 0 Å². The standard InChI is InChI=1S/C15H24O3/c1-14(2,18-4)10-11-15(16,12-17-3)13-8-6-5-7-9-13/h5-9,16H,10-12H2,1-4H3. The zero-order valence-electron chi connectivity index (χ0n) is 11.8. The fourth-order valence-corrected chi connectivity index (χ4v) is 1.90. The van der Waals surface area contributed by atoms with Gasteiger partial charge in [0, 0.05) is 14.2 Å². The van der Waals surface area contributed by atoms with Crippen LogP contribution >= 0.6 is 0 Å². The first kappa shape index (κ1) is 15.2. The molecule has 102 valence electrons. The van der Waals surface area contributed by atoms with Crippen LogP contribution in [-0.4, -0.2) is 31.5 Å². The first-order valence-corrected chi connectivity index (χ1v) is 6.25. The molecule has 0 saturated carbocycles. The van der Waals surface area contributed by atoms with Gasteiger partial charge in [0.15, 0.2) is 0 Å². The first-order valence-electron chi connectivity index (χ1n) is 6.25. The Kier molecular flexibility index (Phi) is 5.32. The highest BCUT2D eigenvalue weighted by Crippen LogP contribution is 2.30. The van der Waals surface area contributed by atoms with E-state index in [1.165, 1.54) is 0 Å². The molecule has 0 aromatic heterocycles. The van der Waals surface area contributed by atoms with Crippen molar-refractivity contribution in [3.05, 3.63) is 35.9 Å². The van der Waals surface area contributed by atoms with Crippen LogP contribution in [0.5, 0.6) is 0 Å². The first-order chi connectivity index (χ1) is 8.43. The molecule has 0 radical (unpaired) electrons. The normalized spacial score (nSPS) is 15.4. The number of ether oxygens (including phenoxy) is 2. The highest BCUT2D eigenvalue weighted by atomic mass is 16.5. The number of methoxy groups -OCH3 is 2. The molecule has 1 atom stereocenters. The molecule has 0 saturated heterocycles. The van der Waals surface area contributed by atoms with E-state index in [0.29, 0.717) is 6.42 Å². The second-order valence-electron chi connectivity index (χ2n) is 5.29. The van der Waals surface area contributed by atoms with Crippen LogP contribution in [0, 0.1) is 0 Å². The van der Waals surface area contributed by atoms with Gasteiger partial charge in [-0.15, -0.1) is 0 Å². The van der Waals surface area contributed by atoms with Crippen molar-refractivity contribution in [1.82, 2.24) is 0 Å². The van der Waals surface area contributed by atoms with Crippen molar-refractivity contribution in [1.29, 1.82) is 0 Å². The summed E-state index contributed by atoms with van der Waals surface area (Å²) < 4.78 is 10.6. The minimum Gasteiger partial charge on any atom is -0.383 e. The van der Waals surface area contributed by atoms with Crippen molar-refractivity contribution in [3.63, 3.8) is 0 Å². The van der Waals surface area contributed by atoms with Gasteiger partial charge >= 0.3 is 0 Å². The Morgan fingerprint density at radius 3 is 2.17 bits per heavy atom. The molecule has 18 heavy (non-hydrogen) atoms. The third-order valence-corrected chi connectivity index (χ3v) is 3.39. The number of hydrogen-bond donors (Lipinski definition) is 1. The van der Waals surface area contributed by atoms with Gasteiger partial charge in [-0.2, -0.15) is 0 Å². The van der Waals surface area contributed by atoms with Gasteiger partial charge in [-0.05, 0) is 32.3 Å². The third kappa shape index (κ3) is 4.09. The van der Waals surface area contributed by atoms with Crippen molar-refractivity contribution >= 4 is 0 Å². The molecule has 0 aliphatic carbocycles. The van der Waals surface area contributed by atoms with E-state index < -0.39 is 5.60 Å². The summed E-state index contributed by atoms with van der Waals surface area (Å²) in [7, 11) is 3.30. The Balaban J connectivity index is 2.81. The fraction of sp³-hybridized carbons (Fsp3) is 0.600. The minimum absolute atomic E-state index is 0.240. The van der Waals surface area contributed by atoms with Crippen LogP contribution < -0.4 is 0 Å². The molecule has 3 heteroatoms. The molecule has 3 nitrogen and oxygen atoms in total. The molecule has 1 N–H and O–H groups in total. The van der Waals surface area contributed by atoms with E-state index in [4.69, 9.17) is 9.47 Å². The maximum absolute atomic E-state index is 10.8. The zero-order chi connectivity index (χ0) is 13.6. The van der Waals surface area contributed by atoms with Gasteiger partial charge in [0.05, 0.1) is 12.2 Å². The van der Waals surface area contributed by atoms with Crippen LogP contribution in [0.1, 0.15) is 32.3 Å². The second-order valence-corrected chi connectivity index (χ2v) is 5.29. The Labute approximate surface area is 110 Å². The van der Waals surface area contributed by atoms with Crippen LogP contribution in [0.25, 0.3) is 0 Å². The van der Waals surface area contributed by atoms with Gasteiger partial charge in [-0.1, -0.05) is 30.3 Å². The summed E-state index contributed by atoms with van der Waals surface area (Å²) >= 11 is 0. The smallest absolute Gasteiger partial charge is 0.113 e. The summed E-state index contributed by atoms with van der Waals surface area (Å²) in [6.45, 7) is 4.33. The van der Waals surface area contributed by atoms with Gasteiger partial charge in [-0.3, -0.25) is 0 Å². The van der Waals surface area contributed by atoms with Crippen LogP contribution in [-0.2, 0) is 15.1 Å². The van der Waals surface area contributed by atoms with Crippen molar-refractivity contribution < 1.29 is 14.6 Å². The van der Waals surface area contributed by atoms with Crippen LogP contribution in [0.15, 0.2) is 30.3 Å². The lowest BCUT2D eigenvalue weighted by Gasteiger charge is -2.32. The number of rotatable bonds is 7. The Hall–Kier alpha value is -0.900. The highest BCUT2D eigenvalue weighted by molar-refractivity contribution is 5.22. The lowest BCUT2D eigenvalue weighted by atomic mass is 9.86. The summed E-state index contributed by atoms with van der Waals surface area (Å²) in [6, 6.07) is 9.66. The van der Waals surface area contributed by atoms with Crippen LogP contribution in [0.4, 0.5) is 0 Å². The predicted molar refractivity (Wildman–Crippen MR) is 72.5 cm³/mol. The second kappa shape index (κ2) is 6.32. The van der Waals surface area contributed by atoms with E-state index in [9.17, 15) is 5.11 Å². The van der Waals surface area contributed by atoms with E-state index in [0.717, 1.165) is 12.0 Å². The molecule has 0 aliphatic heterocycles. The van der Waals surface area contributed by atoms with Gasteiger partial charge in [0.25, 0.3) is 0 Å². The average Bonchev–Trinajstić information content (AvgIpc) is 2.38. The van der Waals surface area contributed by atoms with Gasteiger partial charge in [0.2, 0.25) is 0 Å². The molecule has 1 aromatic carbocycles. The molecule has 0 heterocycles. The number of benzene rings is 1. The van der Waals surface area contributed by atoms with Crippen molar-refractivity contribution in [3.8, 4) is 0 Å². The Morgan fingerprint density at radius 2 is 1.67 bits per heavy atom. The molecule has 0 spiro atoms. The molecule has 0 bridgehead atoms. The maximum Gasteiger partial charge on any atom is 0.113 e. The number of aliphatic hydroxyl groups is 1. The summed E-state index contributed by atoms with van der Waals surface area (Å²) in [5, 5.41) is 10.8. The molecule has 0 fully saturated rings. The molecule has 0 amide bonds. The van der Waals surface area contributed by atoms with Gasteiger partial charge in [0.1, 0.15) is 5.60 Å². The van der Waals surface area contributed by atoms with E-state index in [1.807, 2.05) is 44.2 Å². The largest absolute Gasteiger partial charge is 0.383 e. The Morgan fingerprint density at radius 1 is 1.06 bits per heavy atom. The van der Waals surface area contributed by atoms with Crippen molar-refractivity contribution in [2.24, 2.45) is 0 Å². The summed E-state index contributed by atoms with van der Waals surface area (Å²) in [5.74, 6) is 0. The Bertz CT molecular complexity index is 348. The maximum atomic E-state index is 10.8. The van der Waals surface area contributed by atoms with E-state index in [1.54, 1.807) is 14.2 Å². The van der Waals surface area contributed by atoms with E-state index >= 15 is 0 Å². The third-order valence-electron chi connectivity index (χ3n) is 3.39. The molecular weight excluding hydrogens is 228 g/mol. The monoisotopic (exact) mass is 252 g/mol. The quantitative estimate of drug-likeness (QED) is 0.811. The minimum atomic E-state index is -0.953. The van der Waals surface area contributed by atoms with Crippen molar-refractivity contribution in [2.45, 2.75) is 37.9 Å². The molecule has 1 aromatic rings. The fourth-order valence-electron chi connectivity index (χ4n) is 1.90. The average molecular weight is 252 g/mol. The summed E-state index contributed by atoms with van der Waals surface area (Å²) in [4.78, 5) is 0. The summed E-state index contributed by atoms with van der Waals surface area (Å²) in [5.41, 5.74) is -0.304. The lowest BCUT2D eigenvalue weighted by molar-refractivity contribution is -0.0655. The molecular formula is C15H24O3. The topological polar surface area (TPSA) is 38.7 Å². The summed E-state index contributed by atoms with van der Waals surface area (Å²) in [6.07, 6.45) is 1.37. The zero-order valence-corrected chi connectivity index (χ0v) is 11.8. The van der Waals surface area contributed by atoms with Gasteiger partial charge in [-0.25, -0.2) is 0 Å². The predicted octanol–water partition coefficient (Wildman–Crippen LogP) is 2.73. The molecule has 1 unspecified atom stereocenters. The van der Waals surface area contributed by atoms with E-state index in [-0.39, 0.29) is 12.2 Å². The van der Waals surface area contributed by atoms with Crippen LogP contribution in [0.2, 0.25) is 0 Å². The SMILES string of the molecule is COCC(O)(CCC(C)(C)OC)c1ccccc1. The van der Waals surface area contributed by atoms with Crippen LogP contribution in [0.3, 0.4) is 0 Å². The number of hydrogen-bond acceptors (Lipinski definition) is 3. The van der Waals surface area contributed by atoms with Crippen molar-refractivity contribution in [2.75, 3.05) is 20.8 Å². The lowest BCUT2D eigenvalue weighted by Crippen LogP contribution is -2.34. The highest BCUT2D eigenvalue weighted by Gasteiger charge is 2.31.